The van der Waals surface area contributed by atoms with Crippen molar-refractivity contribution in [2.24, 2.45) is 0 Å². The van der Waals surface area contributed by atoms with Crippen LogP contribution >= 0.6 is 0 Å². The van der Waals surface area contributed by atoms with Crippen LogP contribution in [-0.2, 0) is 0 Å². The minimum absolute atomic E-state index is 0.0659. The molecule has 5 nitrogen and oxygen atoms in total. The fourth-order valence-corrected chi connectivity index (χ4v) is 1.84. The molecule has 0 aliphatic heterocycles. The second-order valence-electron chi connectivity index (χ2n) is 4.43. The first kappa shape index (κ1) is 11.5. The molecular weight excluding hydrogens is 216 g/mol. The van der Waals surface area contributed by atoms with E-state index < -0.39 is 0 Å². The number of hydrogen-bond donors (Lipinski definition) is 1. The van der Waals surface area contributed by atoms with Crippen LogP contribution in [-0.4, -0.2) is 29.0 Å². The smallest absolute Gasteiger partial charge is 0.270 e. The summed E-state index contributed by atoms with van der Waals surface area (Å²) < 4.78 is 1.96. The fraction of sp³-hybridized carbons (Fsp3) is 0.500. The maximum Gasteiger partial charge on any atom is 0.270 e. The van der Waals surface area contributed by atoms with Gasteiger partial charge in [0.15, 0.2) is 0 Å². The van der Waals surface area contributed by atoms with E-state index >= 15 is 0 Å². The fourth-order valence-electron chi connectivity index (χ4n) is 1.84. The SMILES string of the molecule is CN(CCC#N)C(=O)c1cc(N)cn1C1CC1. The van der Waals surface area contributed by atoms with Gasteiger partial charge in [0.05, 0.1) is 18.2 Å². The number of carbonyl (C=O) groups is 1. The molecule has 1 aromatic heterocycles. The summed E-state index contributed by atoms with van der Waals surface area (Å²) in [5, 5.41) is 8.51. The number of nitrogens with two attached hydrogens (primary N) is 1. The van der Waals surface area contributed by atoms with Gasteiger partial charge >= 0.3 is 0 Å². The standard InChI is InChI=1S/C12H16N4O/c1-15(6-2-5-13)12(17)11-7-9(14)8-16(11)10-3-4-10/h7-8,10H,2-4,6,14H2,1H3. The summed E-state index contributed by atoms with van der Waals surface area (Å²) in [5.41, 5.74) is 6.99. The minimum atomic E-state index is -0.0659. The van der Waals surface area contributed by atoms with Crippen molar-refractivity contribution in [1.82, 2.24) is 9.47 Å². The molecule has 1 aliphatic carbocycles. The summed E-state index contributed by atoms with van der Waals surface area (Å²) in [5.74, 6) is -0.0659. The Bertz CT molecular complexity index is 467. The zero-order chi connectivity index (χ0) is 12.4. The molecule has 1 heterocycles. The molecular formula is C12H16N4O. The van der Waals surface area contributed by atoms with Crippen LogP contribution in [0.15, 0.2) is 12.3 Å². The third kappa shape index (κ3) is 2.41. The largest absolute Gasteiger partial charge is 0.397 e. The molecule has 1 saturated carbocycles. The highest BCUT2D eigenvalue weighted by atomic mass is 16.2. The minimum Gasteiger partial charge on any atom is -0.397 e. The number of carbonyl (C=O) groups excluding carboxylic acids is 1. The summed E-state index contributed by atoms with van der Waals surface area (Å²) in [6.45, 7) is 0.449. The molecule has 0 bridgehead atoms. The number of nitrogen functional groups attached to an aromatic ring is 1. The molecule has 0 unspecified atom stereocenters. The summed E-state index contributed by atoms with van der Waals surface area (Å²) in [6.07, 6.45) is 4.39. The first-order valence-corrected chi connectivity index (χ1v) is 5.73. The molecule has 0 saturated heterocycles. The second-order valence-corrected chi connectivity index (χ2v) is 4.43. The van der Waals surface area contributed by atoms with E-state index in [0.29, 0.717) is 30.4 Å². The molecule has 1 aliphatic rings. The molecule has 1 fully saturated rings. The molecule has 90 valence electrons. The van der Waals surface area contributed by atoms with Crippen LogP contribution in [0.2, 0.25) is 0 Å². The second kappa shape index (κ2) is 4.50. The topological polar surface area (TPSA) is 75.1 Å². The molecule has 2 N–H and O–H groups in total. The summed E-state index contributed by atoms with van der Waals surface area (Å²) in [7, 11) is 1.71. The molecule has 5 heteroatoms. The zero-order valence-corrected chi connectivity index (χ0v) is 9.89. The van der Waals surface area contributed by atoms with E-state index in [0.717, 1.165) is 12.8 Å². The molecule has 1 amide bonds. The van der Waals surface area contributed by atoms with Gasteiger partial charge in [-0.3, -0.25) is 4.79 Å². The maximum atomic E-state index is 12.2. The summed E-state index contributed by atoms with van der Waals surface area (Å²) in [4.78, 5) is 13.7. The number of aromatic nitrogens is 1. The number of amides is 1. The monoisotopic (exact) mass is 232 g/mol. The van der Waals surface area contributed by atoms with Crippen LogP contribution < -0.4 is 5.73 Å². The molecule has 0 atom stereocenters. The van der Waals surface area contributed by atoms with Crippen molar-refractivity contribution in [2.45, 2.75) is 25.3 Å². The quantitative estimate of drug-likeness (QED) is 0.852. The van der Waals surface area contributed by atoms with E-state index in [4.69, 9.17) is 11.0 Å². The third-order valence-electron chi connectivity index (χ3n) is 2.93. The van der Waals surface area contributed by atoms with Crippen molar-refractivity contribution >= 4 is 11.6 Å². The number of rotatable bonds is 4. The number of hydrogen-bond acceptors (Lipinski definition) is 3. The van der Waals surface area contributed by atoms with Crippen molar-refractivity contribution in [3.63, 3.8) is 0 Å². The van der Waals surface area contributed by atoms with Gasteiger partial charge in [0, 0.05) is 25.8 Å². The van der Waals surface area contributed by atoms with E-state index in [1.165, 1.54) is 0 Å². The Kier molecular flexibility index (Phi) is 3.05. The van der Waals surface area contributed by atoms with E-state index in [1.54, 1.807) is 18.0 Å². The summed E-state index contributed by atoms with van der Waals surface area (Å²) >= 11 is 0. The van der Waals surface area contributed by atoms with Gasteiger partial charge in [-0.15, -0.1) is 0 Å². The molecule has 0 spiro atoms. The van der Waals surface area contributed by atoms with Crippen LogP contribution in [0.4, 0.5) is 5.69 Å². The third-order valence-corrected chi connectivity index (χ3v) is 2.93. The van der Waals surface area contributed by atoms with E-state index in [1.807, 2.05) is 16.8 Å². The van der Waals surface area contributed by atoms with Crippen LogP contribution in [0.25, 0.3) is 0 Å². The molecule has 17 heavy (non-hydrogen) atoms. The highest BCUT2D eigenvalue weighted by Gasteiger charge is 2.28. The lowest BCUT2D eigenvalue weighted by Crippen LogP contribution is -2.29. The summed E-state index contributed by atoms with van der Waals surface area (Å²) in [6, 6.07) is 4.17. The lowest BCUT2D eigenvalue weighted by atomic mass is 10.3. The van der Waals surface area contributed by atoms with Gasteiger partial charge in [-0.2, -0.15) is 5.26 Å². The van der Waals surface area contributed by atoms with E-state index in [9.17, 15) is 4.79 Å². The van der Waals surface area contributed by atoms with Gasteiger partial charge in [-0.05, 0) is 18.9 Å². The van der Waals surface area contributed by atoms with Gasteiger partial charge in [0.25, 0.3) is 5.91 Å². The average molecular weight is 232 g/mol. The maximum absolute atomic E-state index is 12.2. The van der Waals surface area contributed by atoms with Crippen molar-refractivity contribution in [1.29, 1.82) is 5.26 Å². The van der Waals surface area contributed by atoms with Crippen molar-refractivity contribution in [2.75, 3.05) is 19.3 Å². The van der Waals surface area contributed by atoms with Crippen LogP contribution in [0.3, 0.4) is 0 Å². The van der Waals surface area contributed by atoms with Crippen molar-refractivity contribution in [3.05, 3.63) is 18.0 Å². The Hall–Kier alpha value is -1.96. The lowest BCUT2D eigenvalue weighted by molar-refractivity contribution is 0.0787. The first-order valence-electron chi connectivity index (χ1n) is 5.73. The lowest BCUT2D eigenvalue weighted by Gasteiger charge is -2.16. The molecule has 2 rings (SSSR count). The van der Waals surface area contributed by atoms with Crippen molar-refractivity contribution < 1.29 is 4.79 Å². The van der Waals surface area contributed by atoms with Gasteiger partial charge in [0.2, 0.25) is 0 Å². The van der Waals surface area contributed by atoms with Gasteiger partial charge in [-0.25, -0.2) is 0 Å². The molecule has 0 aromatic carbocycles. The number of nitrogens with zero attached hydrogens (tertiary/aromatic N) is 3. The molecule has 1 aromatic rings. The number of anilines is 1. The Morgan fingerprint density at radius 1 is 1.71 bits per heavy atom. The van der Waals surface area contributed by atoms with Gasteiger partial charge in [-0.1, -0.05) is 0 Å². The normalized spacial score (nSPS) is 14.4. The Labute approximate surface area is 100 Å². The van der Waals surface area contributed by atoms with Crippen LogP contribution in [0.1, 0.15) is 35.8 Å². The van der Waals surface area contributed by atoms with E-state index in [2.05, 4.69) is 0 Å². The first-order chi connectivity index (χ1) is 8.13. The van der Waals surface area contributed by atoms with Crippen LogP contribution in [0, 0.1) is 11.3 Å². The molecule has 0 radical (unpaired) electrons. The highest BCUT2D eigenvalue weighted by Crippen LogP contribution is 2.37. The Morgan fingerprint density at radius 3 is 3.00 bits per heavy atom. The predicted molar refractivity (Wildman–Crippen MR) is 64.3 cm³/mol. The zero-order valence-electron chi connectivity index (χ0n) is 9.89. The predicted octanol–water partition coefficient (Wildman–Crippen LogP) is 1.39. The highest BCUT2D eigenvalue weighted by molar-refractivity contribution is 5.93. The van der Waals surface area contributed by atoms with Gasteiger partial charge < -0.3 is 15.2 Å². The van der Waals surface area contributed by atoms with Crippen LogP contribution in [0.5, 0.6) is 0 Å². The van der Waals surface area contributed by atoms with Gasteiger partial charge in [0.1, 0.15) is 5.69 Å². The van der Waals surface area contributed by atoms with Crippen molar-refractivity contribution in [3.8, 4) is 6.07 Å². The average Bonchev–Trinajstić information content (AvgIpc) is 3.08. The Morgan fingerprint density at radius 2 is 2.41 bits per heavy atom. The Balaban J connectivity index is 2.15. The van der Waals surface area contributed by atoms with E-state index in [-0.39, 0.29) is 5.91 Å². The number of nitriles is 1.